The van der Waals surface area contributed by atoms with E-state index in [0.717, 1.165) is 13.0 Å². The number of aromatic nitrogens is 6. The molecule has 10 nitrogen and oxygen atoms in total. The monoisotopic (exact) mass is 467 g/mol. The van der Waals surface area contributed by atoms with Gasteiger partial charge in [-0.2, -0.15) is 9.67 Å². The molecule has 2 N–H and O–H groups in total. The van der Waals surface area contributed by atoms with Crippen LogP contribution in [-0.2, 0) is 6.61 Å². The highest BCUT2D eigenvalue weighted by molar-refractivity contribution is 5.63. The molecule has 4 heterocycles. The number of piperidine rings is 1. The van der Waals surface area contributed by atoms with Gasteiger partial charge >= 0.3 is 0 Å². The minimum absolute atomic E-state index is 0.00657. The maximum absolute atomic E-state index is 14.6. The van der Waals surface area contributed by atoms with Crippen molar-refractivity contribution >= 4 is 17.5 Å². The Morgan fingerprint density at radius 1 is 1.24 bits per heavy atom. The molecule has 1 aromatic carbocycles. The lowest BCUT2D eigenvalue weighted by Crippen LogP contribution is -2.58. The average Bonchev–Trinajstić information content (AvgIpc) is 3.26. The number of hydrogen-bond acceptors (Lipinski definition) is 9. The van der Waals surface area contributed by atoms with E-state index in [1.54, 1.807) is 4.68 Å². The number of ether oxygens (including phenoxy) is 1. The van der Waals surface area contributed by atoms with E-state index in [0.29, 0.717) is 42.0 Å². The van der Waals surface area contributed by atoms with Crippen molar-refractivity contribution in [1.82, 2.24) is 35.1 Å². The Kier molecular flexibility index (Phi) is 5.38. The van der Waals surface area contributed by atoms with Crippen LogP contribution in [0.25, 0.3) is 5.69 Å². The molecule has 1 unspecified atom stereocenters. The molecule has 2 aromatic heterocycles. The van der Waals surface area contributed by atoms with Gasteiger partial charge in [-0.1, -0.05) is 13.8 Å². The number of hydrogen-bond donors (Lipinski definition) is 2. The molecule has 5 rings (SSSR count). The predicted molar refractivity (Wildman–Crippen MR) is 126 cm³/mol. The molecule has 1 fully saturated rings. The second kappa shape index (κ2) is 8.15. The fraction of sp³-hybridized carbons (Fsp3) is 0.522. The van der Waals surface area contributed by atoms with Gasteiger partial charge in [0.05, 0.1) is 6.20 Å². The average molecular weight is 468 g/mol. The lowest BCUT2D eigenvalue weighted by molar-refractivity contribution is -0.0148. The Morgan fingerprint density at radius 2 is 2.06 bits per heavy atom. The summed E-state index contributed by atoms with van der Waals surface area (Å²) in [4.78, 5) is 10.9. The zero-order valence-electron chi connectivity index (χ0n) is 20.1. The van der Waals surface area contributed by atoms with E-state index < -0.39 is 5.82 Å². The molecule has 2 aliphatic heterocycles. The number of rotatable bonds is 5. The van der Waals surface area contributed by atoms with E-state index in [-0.39, 0.29) is 22.7 Å². The second-order valence-electron chi connectivity index (χ2n) is 10.4. The predicted octanol–water partition coefficient (Wildman–Crippen LogP) is 3.40. The molecule has 1 saturated heterocycles. The fourth-order valence-corrected chi connectivity index (χ4v) is 4.87. The molecule has 0 amide bonds. The second-order valence-corrected chi connectivity index (χ2v) is 10.4. The van der Waals surface area contributed by atoms with E-state index in [2.05, 4.69) is 75.8 Å². The summed E-state index contributed by atoms with van der Waals surface area (Å²) in [5, 5.41) is 18.1. The highest BCUT2D eigenvalue weighted by atomic mass is 19.1. The third kappa shape index (κ3) is 4.15. The molecule has 180 valence electrons. The number of nitrogens with zero attached hydrogens (tertiary/aromatic N) is 7. The van der Waals surface area contributed by atoms with Crippen LogP contribution in [-0.4, -0.2) is 60.8 Å². The van der Waals surface area contributed by atoms with Gasteiger partial charge in [-0.05, 0) is 67.3 Å². The normalized spacial score (nSPS) is 20.7. The quantitative estimate of drug-likeness (QED) is 0.584. The molecule has 1 atom stereocenters. The van der Waals surface area contributed by atoms with Crippen molar-refractivity contribution in [1.29, 1.82) is 0 Å². The van der Waals surface area contributed by atoms with Crippen molar-refractivity contribution in [2.45, 2.75) is 46.3 Å². The molecule has 0 radical (unpaired) electrons. The van der Waals surface area contributed by atoms with Crippen molar-refractivity contribution in [3.05, 3.63) is 36.0 Å². The topological polar surface area (TPSA) is 106 Å². The van der Waals surface area contributed by atoms with E-state index in [4.69, 9.17) is 4.74 Å². The van der Waals surface area contributed by atoms with Gasteiger partial charge in [0.1, 0.15) is 18.0 Å². The van der Waals surface area contributed by atoms with Crippen molar-refractivity contribution in [3.63, 3.8) is 0 Å². The maximum atomic E-state index is 14.6. The first-order chi connectivity index (χ1) is 16.1. The molecule has 0 bridgehead atoms. The lowest BCUT2D eigenvalue weighted by atomic mass is 9.69. The van der Waals surface area contributed by atoms with E-state index in [1.807, 2.05) is 18.2 Å². The van der Waals surface area contributed by atoms with Gasteiger partial charge < -0.3 is 20.3 Å². The summed E-state index contributed by atoms with van der Waals surface area (Å²) >= 11 is 0. The summed E-state index contributed by atoms with van der Waals surface area (Å²) in [7, 11) is 2.16. The van der Waals surface area contributed by atoms with Gasteiger partial charge in [-0.3, -0.25) is 0 Å². The van der Waals surface area contributed by atoms with Gasteiger partial charge in [-0.25, -0.2) is 9.37 Å². The summed E-state index contributed by atoms with van der Waals surface area (Å²) in [5.74, 6) is 1.62. The number of likely N-dealkylation sites (tertiary alicyclic amines) is 1. The smallest absolute Gasteiger partial charge is 0.229 e. The van der Waals surface area contributed by atoms with Crippen molar-refractivity contribution in [3.8, 4) is 11.4 Å². The highest BCUT2D eigenvalue weighted by Gasteiger charge is 2.43. The van der Waals surface area contributed by atoms with E-state index in [9.17, 15) is 4.39 Å². The lowest BCUT2D eigenvalue weighted by Gasteiger charge is -2.52. The summed E-state index contributed by atoms with van der Waals surface area (Å²) in [6, 6.07) is 5.52. The molecule has 11 heteroatoms. The van der Waals surface area contributed by atoms with Crippen LogP contribution in [0.5, 0.6) is 5.75 Å². The molecule has 34 heavy (non-hydrogen) atoms. The first-order valence-corrected chi connectivity index (χ1v) is 11.4. The Labute approximate surface area is 197 Å². The maximum Gasteiger partial charge on any atom is 0.229 e. The Balaban J connectivity index is 1.33. The molecule has 3 aromatic rings. The van der Waals surface area contributed by atoms with E-state index >= 15 is 0 Å². The third-order valence-corrected chi connectivity index (χ3v) is 7.04. The molecule has 2 aliphatic rings. The number of anilines is 3. The standard InChI is InChI=1S/C23H30FN9O/c1-22(2)9-14(23(3,4)32(5)13-22)10-25-20-16(24)11-26-21(28-20)27-15-6-7-18-17(8-15)33-19(12-34-18)29-30-31-33/h6-8,11,14H,9-10,12-13H2,1-5H3,(H2,25,26,27,28). The van der Waals surface area contributed by atoms with Crippen LogP contribution in [0.3, 0.4) is 0 Å². The zero-order chi connectivity index (χ0) is 24.1. The van der Waals surface area contributed by atoms with Crippen molar-refractivity contribution in [2.24, 2.45) is 11.3 Å². The Morgan fingerprint density at radius 3 is 2.88 bits per heavy atom. The van der Waals surface area contributed by atoms with Crippen LogP contribution in [0.1, 0.15) is 39.9 Å². The van der Waals surface area contributed by atoms with Crippen LogP contribution in [0.2, 0.25) is 0 Å². The summed E-state index contributed by atoms with van der Waals surface area (Å²) in [5.41, 5.74) is 1.61. The molecule has 0 saturated carbocycles. The van der Waals surface area contributed by atoms with Crippen LogP contribution in [0, 0.1) is 17.2 Å². The molecule has 0 spiro atoms. The van der Waals surface area contributed by atoms with Gasteiger partial charge in [0.15, 0.2) is 17.5 Å². The number of tetrazole rings is 1. The van der Waals surface area contributed by atoms with Crippen LogP contribution < -0.4 is 15.4 Å². The first-order valence-electron chi connectivity index (χ1n) is 11.4. The number of halogens is 1. The fourth-order valence-electron chi connectivity index (χ4n) is 4.87. The van der Waals surface area contributed by atoms with Crippen LogP contribution in [0.4, 0.5) is 21.8 Å². The summed E-state index contributed by atoms with van der Waals surface area (Å²) < 4.78 is 21.9. The molecule has 0 aliphatic carbocycles. The summed E-state index contributed by atoms with van der Waals surface area (Å²) in [6.45, 7) is 11.0. The number of fused-ring (bicyclic) bond motifs is 3. The largest absolute Gasteiger partial charge is 0.483 e. The van der Waals surface area contributed by atoms with E-state index in [1.165, 1.54) is 6.20 Å². The van der Waals surface area contributed by atoms with Gasteiger partial charge in [0.25, 0.3) is 0 Å². The minimum Gasteiger partial charge on any atom is -0.483 e. The SMILES string of the molecule is CN1CC(C)(C)CC(CNc2nc(Nc3ccc4c(c3)-n3nnnc3CO4)ncc2F)C1(C)C. The Bertz CT molecular complexity index is 1210. The zero-order valence-corrected chi connectivity index (χ0v) is 20.1. The first kappa shape index (κ1) is 22.5. The third-order valence-electron chi connectivity index (χ3n) is 7.04. The summed E-state index contributed by atoms with van der Waals surface area (Å²) in [6.07, 6.45) is 2.23. The minimum atomic E-state index is -0.482. The number of nitrogens with one attached hydrogen (secondary N) is 2. The van der Waals surface area contributed by atoms with Crippen molar-refractivity contribution < 1.29 is 9.13 Å². The number of benzene rings is 1. The van der Waals surface area contributed by atoms with Crippen LogP contribution in [0.15, 0.2) is 24.4 Å². The molecular formula is C23H30FN9O. The van der Waals surface area contributed by atoms with Gasteiger partial charge in [0.2, 0.25) is 5.95 Å². The van der Waals surface area contributed by atoms with Crippen molar-refractivity contribution in [2.75, 3.05) is 30.8 Å². The van der Waals surface area contributed by atoms with Gasteiger partial charge in [-0.15, -0.1) is 5.10 Å². The highest BCUT2D eigenvalue weighted by Crippen LogP contribution is 2.41. The Hall–Kier alpha value is -3.34. The van der Waals surface area contributed by atoms with Crippen LogP contribution >= 0.6 is 0 Å². The molecular weight excluding hydrogens is 437 g/mol. The van der Waals surface area contributed by atoms with Gasteiger partial charge in [0, 0.05) is 24.3 Å².